The van der Waals surface area contributed by atoms with Crippen molar-refractivity contribution in [3.05, 3.63) is 54.3 Å². The van der Waals surface area contributed by atoms with Crippen molar-refractivity contribution in [3.63, 3.8) is 0 Å². The molecule has 6 nitrogen and oxygen atoms in total. The number of hydrogen-bond donors (Lipinski definition) is 1. The summed E-state index contributed by atoms with van der Waals surface area (Å²) in [4.78, 5) is 24.7. The summed E-state index contributed by atoms with van der Waals surface area (Å²) in [5.74, 6) is 0.0733. The predicted molar refractivity (Wildman–Crippen MR) is 91.2 cm³/mol. The summed E-state index contributed by atoms with van der Waals surface area (Å²) in [6.07, 6.45) is 0. The van der Waals surface area contributed by atoms with Crippen molar-refractivity contribution in [1.29, 1.82) is 0 Å². The Labute approximate surface area is 145 Å². The molecular formula is C18H19FN2O4. The number of hydrogen-bond acceptors (Lipinski definition) is 4. The van der Waals surface area contributed by atoms with Crippen LogP contribution in [0.5, 0.6) is 11.5 Å². The lowest BCUT2D eigenvalue weighted by Crippen LogP contribution is -2.27. The maximum atomic E-state index is 12.8. The van der Waals surface area contributed by atoms with E-state index in [0.29, 0.717) is 17.2 Å². The number of nitrogens with one attached hydrogen (secondary N) is 1. The van der Waals surface area contributed by atoms with Crippen LogP contribution in [0.1, 0.15) is 0 Å². The van der Waals surface area contributed by atoms with Gasteiger partial charge in [0.2, 0.25) is 0 Å². The van der Waals surface area contributed by atoms with Crippen LogP contribution < -0.4 is 14.8 Å². The highest BCUT2D eigenvalue weighted by Gasteiger charge is 2.06. The lowest BCUT2D eigenvalue weighted by Gasteiger charge is -2.12. The van der Waals surface area contributed by atoms with Gasteiger partial charge in [0.15, 0.2) is 13.2 Å². The highest BCUT2D eigenvalue weighted by atomic mass is 19.1. The molecule has 0 saturated heterocycles. The van der Waals surface area contributed by atoms with Crippen molar-refractivity contribution in [1.82, 2.24) is 4.90 Å². The van der Waals surface area contributed by atoms with E-state index in [1.165, 1.54) is 29.2 Å². The van der Waals surface area contributed by atoms with Crippen LogP contribution in [-0.2, 0) is 9.59 Å². The monoisotopic (exact) mass is 346 g/mol. The SMILES string of the molecule is CN(C)C(=O)COc1ccc(NC(=O)COc2ccc(F)cc2)cc1. The number of ether oxygens (including phenoxy) is 2. The van der Waals surface area contributed by atoms with Gasteiger partial charge in [0.1, 0.15) is 17.3 Å². The van der Waals surface area contributed by atoms with Gasteiger partial charge in [-0.2, -0.15) is 0 Å². The first-order valence-electron chi connectivity index (χ1n) is 7.55. The van der Waals surface area contributed by atoms with Crippen molar-refractivity contribution in [3.8, 4) is 11.5 Å². The fraction of sp³-hybridized carbons (Fsp3) is 0.222. The topological polar surface area (TPSA) is 67.9 Å². The highest BCUT2D eigenvalue weighted by Crippen LogP contribution is 2.16. The molecule has 0 fully saturated rings. The number of carbonyl (C=O) groups excluding carboxylic acids is 2. The first kappa shape index (κ1) is 18.3. The Balaban J connectivity index is 1.78. The minimum atomic E-state index is -0.369. The summed E-state index contributed by atoms with van der Waals surface area (Å²) < 4.78 is 23.4. The molecule has 2 amide bonds. The Morgan fingerprint density at radius 2 is 1.44 bits per heavy atom. The third kappa shape index (κ3) is 6.14. The van der Waals surface area contributed by atoms with Crippen molar-refractivity contribution >= 4 is 17.5 Å². The molecule has 2 rings (SSSR count). The molecule has 0 bridgehead atoms. The van der Waals surface area contributed by atoms with E-state index in [4.69, 9.17) is 9.47 Å². The van der Waals surface area contributed by atoms with Crippen LogP contribution in [-0.4, -0.2) is 44.0 Å². The number of likely N-dealkylation sites (N-methyl/N-ethyl adjacent to an activating group) is 1. The average Bonchev–Trinajstić information content (AvgIpc) is 2.60. The van der Waals surface area contributed by atoms with Gasteiger partial charge in [-0.3, -0.25) is 9.59 Å². The summed E-state index contributed by atoms with van der Waals surface area (Å²) in [6, 6.07) is 12.0. The number of anilines is 1. The predicted octanol–water partition coefficient (Wildman–Crippen LogP) is 2.31. The first-order valence-corrected chi connectivity index (χ1v) is 7.55. The molecule has 0 aliphatic rings. The molecule has 0 saturated carbocycles. The van der Waals surface area contributed by atoms with Gasteiger partial charge >= 0.3 is 0 Å². The smallest absolute Gasteiger partial charge is 0.262 e. The van der Waals surface area contributed by atoms with Crippen molar-refractivity contribution in [2.24, 2.45) is 0 Å². The molecule has 25 heavy (non-hydrogen) atoms. The van der Waals surface area contributed by atoms with Crippen LogP contribution in [0.25, 0.3) is 0 Å². The Bertz CT molecular complexity index is 715. The van der Waals surface area contributed by atoms with E-state index in [1.54, 1.807) is 38.4 Å². The van der Waals surface area contributed by atoms with E-state index < -0.39 is 0 Å². The molecule has 0 aliphatic carbocycles. The minimum absolute atomic E-state index is 0.0514. The van der Waals surface area contributed by atoms with E-state index in [9.17, 15) is 14.0 Å². The Kier molecular flexibility index (Phi) is 6.33. The lowest BCUT2D eigenvalue weighted by atomic mass is 10.3. The van der Waals surface area contributed by atoms with Crippen molar-refractivity contribution in [2.75, 3.05) is 32.6 Å². The number of halogens is 1. The summed E-state index contributed by atoms with van der Waals surface area (Å²) in [7, 11) is 3.30. The van der Waals surface area contributed by atoms with Crippen molar-refractivity contribution < 1.29 is 23.5 Å². The van der Waals surface area contributed by atoms with Crippen LogP contribution in [0, 0.1) is 5.82 Å². The van der Waals surface area contributed by atoms with Gasteiger partial charge in [0, 0.05) is 19.8 Å². The van der Waals surface area contributed by atoms with Crippen LogP contribution in [0.3, 0.4) is 0 Å². The molecule has 0 spiro atoms. The van der Waals surface area contributed by atoms with Gasteiger partial charge in [0.25, 0.3) is 11.8 Å². The van der Waals surface area contributed by atoms with Gasteiger partial charge in [-0.05, 0) is 48.5 Å². The second-order valence-electron chi connectivity index (χ2n) is 5.39. The first-order chi connectivity index (χ1) is 11.9. The highest BCUT2D eigenvalue weighted by molar-refractivity contribution is 5.91. The van der Waals surface area contributed by atoms with E-state index in [-0.39, 0.29) is 30.8 Å². The minimum Gasteiger partial charge on any atom is -0.484 e. The summed E-state index contributed by atoms with van der Waals surface area (Å²) >= 11 is 0. The van der Waals surface area contributed by atoms with E-state index in [2.05, 4.69) is 5.32 Å². The van der Waals surface area contributed by atoms with Gasteiger partial charge in [-0.25, -0.2) is 4.39 Å². The van der Waals surface area contributed by atoms with Crippen LogP contribution in [0.4, 0.5) is 10.1 Å². The summed E-state index contributed by atoms with van der Waals surface area (Å²) in [5, 5.41) is 2.67. The zero-order valence-electron chi connectivity index (χ0n) is 14.0. The molecule has 0 aromatic heterocycles. The molecule has 0 unspecified atom stereocenters. The number of nitrogens with zero attached hydrogens (tertiary/aromatic N) is 1. The molecule has 132 valence electrons. The van der Waals surface area contributed by atoms with Crippen LogP contribution >= 0.6 is 0 Å². The second kappa shape index (κ2) is 8.68. The quantitative estimate of drug-likeness (QED) is 0.835. The second-order valence-corrected chi connectivity index (χ2v) is 5.39. The molecule has 0 radical (unpaired) electrons. The molecule has 0 atom stereocenters. The van der Waals surface area contributed by atoms with Gasteiger partial charge < -0.3 is 19.7 Å². The van der Waals surface area contributed by atoms with Gasteiger partial charge in [0.05, 0.1) is 0 Å². The Hall–Kier alpha value is -3.09. The van der Waals surface area contributed by atoms with E-state index in [0.717, 1.165) is 0 Å². The van der Waals surface area contributed by atoms with Crippen LogP contribution in [0.2, 0.25) is 0 Å². The molecule has 7 heteroatoms. The van der Waals surface area contributed by atoms with E-state index in [1.807, 2.05) is 0 Å². The van der Waals surface area contributed by atoms with E-state index >= 15 is 0 Å². The van der Waals surface area contributed by atoms with Crippen molar-refractivity contribution in [2.45, 2.75) is 0 Å². The third-order valence-corrected chi connectivity index (χ3v) is 3.18. The number of amides is 2. The fourth-order valence-corrected chi connectivity index (χ4v) is 1.79. The lowest BCUT2D eigenvalue weighted by molar-refractivity contribution is -0.130. The average molecular weight is 346 g/mol. The molecule has 0 aliphatic heterocycles. The maximum absolute atomic E-state index is 12.8. The number of carbonyl (C=O) groups is 2. The standard InChI is InChI=1S/C18H19FN2O4/c1-21(2)18(23)12-25-16-9-5-14(6-10-16)20-17(22)11-24-15-7-3-13(19)4-8-15/h3-10H,11-12H2,1-2H3,(H,20,22). The fourth-order valence-electron chi connectivity index (χ4n) is 1.79. The maximum Gasteiger partial charge on any atom is 0.262 e. The van der Waals surface area contributed by atoms with Gasteiger partial charge in [-0.1, -0.05) is 0 Å². The molecule has 0 heterocycles. The third-order valence-electron chi connectivity index (χ3n) is 3.18. The largest absolute Gasteiger partial charge is 0.484 e. The van der Waals surface area contributed by atoms with Gasteiger partial charge in [-0.15, -0.1) is 0 Å². The van der Waals surface area contributed by atoms with Crippen LogP contribution in [0.15, 0.2) is 48.5 Å². The Morgan fingerprint density at radius 1 is 0.920 bits per heavy atom. The number of benzene rings is 2. The Morgan fingerprint density at radius 3 is 2.00 bits per heavy atom. The molecule has 2 aromatic carbocycles. The summed E-state index contributed by atoms with van der Waals surface area (Å²) in [5.41, 5.74) is 0.569. The zero-order chi connectivity index (χ0) is 18.2. The molecule has 1 N–H and O–H groups in total. The molecular weight excluding hydrogens is 327 g/mol. The summed E-state index contributed by atoms with van der Waals surface area (Å²) in [6.45, 7) is -0.245. The normalized spacial score (nSPS) is 10.0. The molecule has 2 aromatic rings. The number of rotatable bonds is 7. The zero-order valence-corrected chi connectivity index (χ0v) is 14.0.